The number of halogens is 1. The van der Waals surface area contributed by atoms with E-state index in [-0.39, 0.29) is 12.4 Å². The van der Waals surface area contributed by atoms with Crippen molar-refractivity contribution >= 4 is 29.7 Å². The first kappa shape index (κ1) is 22.8. The van der Waals surface area contributed by atoms with Crippen LogP contribution in [0.2, 0.25) is 5.02 Å². The van der Waals surface area contributed by atoms with Crippen LogP contribution < -0.4 is 19.6 Å². The van der Waals surface area contributed by atoms with E-state index in [1.807, 2.05) is 13.0 Å². The van der Waals surface area contributed by atoms with Crippen LogP contribution >= 0.6 is 11.6 Å². The first-order valence-electron chi connectivity index (χ1n) is 9.62. The van der Waals surface area contributed by atoms with Gasteiger partial charge < -0.3 is 14.2 Å². The Morgan fingerprint density at radius 1 is 1.03 bits per heavy atom. The van der Waals surface area contributed by atoms with E-state index in [0.717, 1.165) is 5.56 Å². The molecule has 3 aromatic carbocycles. The van der Waals surface area contributed by atoms with Crippen molar-refractivity contribution in [2.75, 3.05) is 13.7 Å². The van der Waals surface area contributed by atoms with Gasteiger partial charge in [-0.1, -0.05) is 29.8 Å². The van der Waals surface area contributed by atoms with Crippen LogP contribution in [-0.4, -0.2) is 31.8 Å². The predicted octanol–water partition coefficient (Wildman–Crippen LogP) is 4.41. The standard InChI is InChI=1S/C24H21ClN2O5/c1-16-12-19(9-10-20(16)25)31-15-23(28)27-26-14-17-8-11-21(22(13-17)30-2)32-24(29)18-6-4-3-5-7-18/h3-14H,15H2,1-2H3,(H,27,28)/b26-14-. The number of carbonyl (C=O) groups is 2. The van der Waals surface area contributed by atoms with Crippen LogP contribution in [0.15, 0.2) is 71.8 Å². The number of methoxy groups -OCH3 is 1. The first-order chi connectivity index (χ1) is 15.5. The van der Waals surface area contributed by atoms with Crippen molar-refractivity contribution in [1.29, 1.82) is 0 Å². The highest BCUT2D eigenvalue weighted by Gasteiger charge is 2.12. The number of nitrogens with one attached hydrogen (secondary N) is 1. The lowest BCUT2D eigenvalue weighted by Crippen LogP contribution is -2.24. The summed E-state index contributed by atoms with van der Waals surface area (Å²) in [4.78, 5) is 24.2. The molecular formula is C24H21ClN2O5. The molecular weight excluding hydrogens is 432 g/mol. The number of amides is 1. The molecule has 1 amide bonds. The second-order valence-electron chi connectivity index (χ2n) is 6.66. The SMILES string of the molecule is COc1cc(/C=N\NC(=O)COc2ccc(Cl)c(C)c2)ccc1OC(=O)c1ccccc1. The summed E-state index contributed by atoms with van der Waals surface area (Å²) in [5.41, 5.74) is 4.31. The Morgan fingerprint density at radius 2 is 1.81 bits per heavy atom. The molecule has 0 aromatic heterocycles. The predicted molar refractivity (Wildman–Crippen MR) is 122 cm³/mol. The van der Waals surface area contributed by atoms with Gasteiger partial charge in [-0.3, -0.25) is 4.79 Å². The van der Waals surface area contributed by atoms with Crippen molar-refractivity contribution in [1.82, 2.24) is 5.43 Å². The van der Waals surface area contributed by atoms with Gasteiger partial charge in [-0.15, -0.1) is 0 Å². The lowest BCUT2D eigenvalue weighted by molar-refractivity contribution is -0.123. The van der Waals surface area contributed by atoms with Gasteiger partial charge in [0, 0.05) is 5.02 Å². The van der Waals surface area contributed by atoms with Crippen LogP contribution in [0.4, 0.5) is 0 Å². The van der Waals surface area contributed by atoms with Gasteiger partial charge in [-0.25, -0.2) is 10.2 Å². The average Bonchev–Trinajstić information content (AvgIpc) is 2.81. The Kier molecular flexibility index (Phi) is 7.83. The molecule has 3 aromatic rings. The maximum absolute atomic E-state index is 12.2. The summed E-state index contributed by atoms with van der Waals surface area (Å²) in [6, 6.07) is 18.7. The molecule has 3 rings (SSSR count). The third-order valence-corrected chi connectivity index (χ3v) is 4.73. The summed E-state index contributed by atoms with van der Waals surface area (Å²) in [5.74, 6) is 0.249. The van der Waals surface area contributed by atoms with Crippen LogP contribution in [0.5, 0.6) is 17.2 Å². The van der Waals surface area contributed by atoms with E-state index in [1.54, 1.807) is 60.7 Å². The normalized spacial score (nSPS) is 10.6. The summed E-state index contributed by atoms with van der Waals surface area (Å²) in [6.45, 7) is 1.65. The van der Waals surface area contributed by atoms with Crippen molar-refractivity contribution in [3.05, 3.63) is 88.4 Å². The fraction of sp³-hybridized carbons (Fsp3) is 0.125. The molecule has 1 N–H and O–H groups in total. The van der Waals surface area contributed by atoms with Gasteiger partial charge in [-0.05, 0) is 66.6 Å². The number of aryl methyl sites for hydroxylation is 1. The van der Waals surface area contributed by atoms with Crippen LogP contribution in [-0.2, 0) is 4.79 Å². The Labute approximate surface area is 190 Å². The van der Waals surface area contributed by atoms with Crippen LogP contribution in [0.25, 0.3) is 0 Å². The van der Waals surface area contributed by atoms with E-state index in [2.05, 4.69) is 10.5 Å². The number of esters is 1. The molecule has 0 bridgehead atoms. The number of benzene rings is 3. The molecule has 0 aliphatic carbocycles. The largest absolute Gasteiger partial charge is 0.493 e. The maximum Gasteiger partial charge on any atom is 0.343 e. The van der Waals surface area contributed by atoms with Crippen molar-refractivity contribution in [3.8, 4) is 17.2 Å². The quantitative estimate of drug-likeness (QED) is 0.237. The number of hydrazone groups is 1. The average molecular weight is 453 g/mol. The van der Waals surface area contributed by atoms with E-state index < -0.39 is 11.9 Å². The van der Waals surface area contributed by atoms with Crippen LogP contribution in [0, 0.1) is 6.92 Å². The molecule has 0 saturated carbocycles. The zero-order valence-electron chi connectivity index (χ0n) is 17.5. The molecule has 7 nitrogen and oxygen atoms in total. The van der Waals surface area contributed by atoms with Gasteiger partial charge in [-0.2, -0.15) is 5.10 Å². The lowest BCUT2D eigenvalue weighted by atomic mass is 10.2. The highest BCUT2D eigenvalue weighted by Crippen LogP contribution is 2.28. The van der Waals surface area contributed by atoms with Gasteiger partial charge >= 0.3 is 5.97 Å². The molecule has 8 heteroatoms. The molecule has 0 unspecified atom stereocenters. The number of ether oxygens (including phenoxy) is 3. The van der Waals surface area contributed by atoms with Crippen LogP contribution in [0.1, 0.15) is 21.5 Å². The number of carbonyl (C=O) groups excluding carboxylic acids is 2. The van der Waals surface area contributed by atoms with Crippen molar-refractivity contribution in [3.63, 3.8) is 0 Å². The molecule has 0 heterocycles. The number of hydrogen-bond donors (Lipinski definition) is 1. The van der Waals surface area contributed by atoms with Gasteiger partial charge in [0.25, 0.3) is 5.91 Å². The summed E-state index contributed by atoms with van der Waals surface area (Å²) >= 11 is 5.97. The Hall–Kier alpha value is -3.84. The Morgan fingerprint density at radius 3 is 2.53 bits per heavy atom. The molecule has 32 heavy (non-hydrogen) atoms. The molecule has 0 aliphatic rings. The second kappa shape index (κ2) is 11.0. The van der Waals surface area contributed by atoms with Crippen molar-refractivity contribution in [2.24, 2.45) is 5.10 Å². The zero-order valence-corrected chi connectivity index (χ0v) is 18.3. The Balaban J connectivity index is 1.55. The molecule has 0 atom stereocenters. The highest BCUT2D eigenvalue weighted by atomic mass is 35.5. The topological polar surface area (TPSA) is 86.2 Å². The smallest absolute Gasteiger partial charge is 0.343 e. The van der Waals surface area contributed by atoms with E-state index in [4.69, 9.17) is 25.8 Å². The third-order valence-electron chi connectivity index (χ3n) is 4.30. The minimum atomic E-state index is -0.492. The number of rotatable bonds is 8. The molecule has 0 radical (unpaired) electrons. The van der Waals surface area contributed by atoms with E-state index in [0.29, 0.717) is 27.6 Å². The fourth-order valence-corrected chi connectivity index (χ4v) is 2.77. The Bertz CT molecular complexity index is 1130. The fourth-order valence-electron chi connectivity index (χ4n) is 2.65. The minimum absolute atomic E-state index is 0.198. The van der Waals surface area contributed by atoms with Crippen molar-refractivity contribution in [2.45, 2.75) is 6.92 Å². The minimum Gasteiger partial charge on any atom is -0.493 e. The molecule has 164 valence electrons. The number of hydrogen-bond acceptors (Lipinski definition) is 6. The molecule has 0 aliphatic heterocycles. The van der Waals surface area contributed by atoms with Crippen molar-refractivity contribution < 1.29 is 23.8 Å². The van der Waals surface area contributed by atoms with Gasteiger partial charge in [0.2, 0.25) is 0 Å². The number of nitrogens with zero attached hydrogens (tertiary/aromatic N) is 1. The summed E-state index contributed by atoms with van der Waals surface area (Å²) in [5, 5.41) is 4.54. The van der Waals surface area contributed by atoms with Gasteiger partial charge in [0.05, 0.1) is 18.9 Å². The highest BCUT2D eigenvalue weighted by molar-refractivity contribution is 6.31. The molecule has 0 spiro atoms. The second-order valence-corrected chi connectivity index (χ2v) is 7.07. The van der Waals surface area contributed by atoms with E-state index in [9.17, 15) is 9.59 Å². The van der Waals surface area contributed by atoms with Gasteiger partial charge in [0.15, 0.2) is 18.1 Å². The first-order valence-corrected chi connectivity index (χ1v) is 10.00. The third kappa shape index (κ3) is 6.33. The maximum atomic E-state index is 12.2. The zero-order chi connectivity index (χ0) is 22.9. The van der Waals surface area contributed by atoms with E-state index in [1.165, 1.54) is 13.3 Å². The summed E-state index contributed by atoms with van der Waals surface area (Å²) in [7, 11) is 1.47. The van der Waals surface area contributed by atoms with Crippen LogP contribution in [0.3, 0.4) is 0 Å². The summed E-state index contributed by atoms with van der Waals surface area (Å²) in [6.07, 6.45) is 1.44. The monoisotopic (exact) mass is 452 g/mol. The van der Waals surface area contributed by atoms with E-state index >= 15 is 0 Å². The lowest BCUT2D eigenvalue weighted by Gasteiger charge is -2.10. The molecule has 0 fully saturated rings. The summed E-state index contributed by atoms with van der Waals surface area (Å²) < 4.78 is 16.1. The molecule has 0 saturated heterocycles. The van der Waals surface area contributed by atoms with Gasteiger partial charge in [0.1, 0.15) is 5.75 Å².